The van der Waals surface area contributed by atoms with E-state index in [1.54, 1.807) is 18.7 Å². The minimum atomic E-state index is -0.587. The largest absolute Gasteiger partial charge is 0.486 e. The quantitative estimate of drug-likeness (QED) is 0.437. The second kappa shape index (κ2) is 7.86. The normalized spacial score (nSPS) is 12.9. The van der Waals surface area contributed by atoms with Crippen molar-refractivity contribution in [2.45, 2.75) is 13.0 Å². The van der Waals surface area contributed by atoms with Crippen LogP contribution in [0.4, 0.5) is 0 Å². The van der Waals surface area contributed by atoms with Gasteiger partial charge in [0, 0.05) is 20.6 Å². The van der Waals surface area contributed by atoms with Gasteiger partial charge in [-0.2, -0.15) is 0 Å². The van der Waals surface area contributed by atoms with Crippen LogP contribution in [-0.2, 0) is 25.4 Å². The molecule has 158 valence electrons. The first-order valence-corrected chi connectivity index (χ1v) is 9.63. The average molecular weight is 435 g/mol. The molecule has 0 fully saturated rings. The third kappa shape index (κ3) is 3.43. The number of hydrogen-bond acceptors (Lipinski definition) is 7. The standard InChI is InChI=1S/C19H19ClN4O6/c1-22-10-21-16-14(22)17(25)24(19(27)23(16)2)4-3-5-30-18(26)11-8-12(20)15-13(9-11)28-6-7-29-15/h8-10H,3-7H2,1-2H3. The van der Waals surface area contributed by atoms with Crippen molar-refractivity contribution in [2.24, 2.45) is 14.1 Å². The Bertz CT molecular complexity index is 1260. The van der Waals surface area contributed by atoms with Crippen molar-refractivity contribution in [1.29, 1.82) is 0 Å². The van der Waals surface area contributed by atoms with Gasteiger partial charge in [-0.05, 0) is 18.6 Å². The smallest absolute Gasteiger partial charge is 0.338 e. The van der Waals surface area contributed by atoms with Crippen LogP contribution in [0.2, 0.25) is 5.02 Å². The van der Waals surface area contributed by atoms with E-state index in [4.69, 9.17) is 25.8 Å². The number of benzene rings is 1. The molecule has 11 heteroatoms. The summed E-state index contributed by atoms with van der Waals surface area (Å²) in [7, 11) is 3.24. The Morgan fingerprint density at radius 3 is 2.80 bits per heavy atom. The molecule has 3 aromatic rings. The zero-order valence-corrected chi connectivity index (χ0v) is 17.1. The highest BCUT2D eigenvalue weighted by Crippen LogP contribution is 2.38. The lowest BCUT2D eigenvalue weighted by Crippen LogP contribution is -2.39. The van der Waals surface area contributed by atoms with E-state index in [2.05, 4.69) is 4.98 Å². The molecule has 0 saturated heterocycles. The summed E-state index contributed by atoms with van der Waals surface area (Å²) in [6.07, 6.45) is 1.76. The molecule has 3 heterocycles. The maximum absolute atomic E-state index is 12.6. The number of fused-ring (bicyclic) bond motifs is 2. The van der Waals surface area contributed by atoms with Gasteiger partial charge in [0.25, 0.3) is 5.56 Å². The zero-order valence-electron chi connectivity index (χ0n) is 16.4. The zero-order chi connectivity index (χ0) is 21.4. The second-order valence-electron chi connectivity index (χ2n) is 6.80. The van der Waals surface area contributed by atoms with Gasteiger partial charge in [0.2, 0.25) is 0 Å². The Morgan fingerprint density at radius 1 is 1.23 bits per heavy atom. The third-order valence-electron chi connectivity index (χ3n) is 4.79. The Kier molecular flexibility index (Phi) is 5.25. The number of rotatable bonds is 5. The number of nitrogens with zero attached hydrogens (tertiary/aromatic N) is 4. The first-order valence-electron chi connectivity index (χ1n) is 9.25. The van der Waals surface area contributed by atoms with Crippen molar-refractivity contribution >= 4 is 28.7 Å². The van der Waals surface area contributed by atoms with Gasteiger partial charge in [-0.15, -0.1) is 0 Å². The van der Waals surface area contributed by atoms with Crippen molar-refractivity contribution in [3.63, 3.8) is 0 Å². The van der Waals surface area contributed by atoms with Crippen LogP contribution in [0.3, 0.4) is 0 Å². The summed E-state index contributed by atoms with van der Waals surface area (Å²) in [6.45, 7) is 0.873. The molecule has 0 saturated carbocycles. The summed E-state index contributed by atoms with van der Waals surface area (Å²) < 4.78 is 20.1. The molecular formula is C19H19ClN4O6. The molecule has 0 radical (unpaired) electrons. The molecule has 1 aromatic carbocycles. The van der Waals surface area contributed by atoms with Crippen molar-refractivity contribution in [1.82, 2.24) is 18.7 Å². The summed E-state index contributed by atoms with van der Waals surface area (Å²) in [5.74, 6) is 0.205. The minimum Gasteiger partial charge on any atom is -0.486 e. The van der Waals surface area contributed by atoms with E-state index in [1.807, 2.05) is 0 Å². The SMILES string of the molecule is Cn1cnc2c1c(=O)n(CCCOC(=O)c1cc(Cl)c3c(c1)OCCO3)c(=O)n2C. The van der Waals surface area contributed by atoms with Gasteiger partial charge >= 0.3 is 11.7 Å². The molecule has 30 heavy (non-hydrogen) atoms. The fraction of sp³-hybridized carbons (Fsp3) is 0.368. The van der Waals surface area contributed by atoms with Gasteiger partial charge in [0.05, 0.1) is 23.5 Å². The minimum absolute atomic E-state index is 0.0178. The molecule has 0 amide bonds. The average Bonchev–Trinajstić information content (AvgIpc) is 3.13. The van der Waals surface area contributed by atoms with E-state index in [0.29, 0.717) is 35.9 Å². The number of carbonyl (C=O) groups excluding carboxylic acids is 1. The van der Waals surface area contributed by atoms with Gasteiger partial charge < -0.3 is 18.8 Å². The Balaban J connectivity index is 1.44. The maximum atomic E-state index is 12.6. The number of ether oxygens (including phenoxy) is 3. The Hall–Kier alpha value is -3.27. The molecule has 10 nitrogen and oxygen atoms in total. The molecule has 0 unspecified atom stereocenters. The van der Waals surface area contributed by atoms with Crippen LogP contribution in [0.5, 0.6) is 11.5 Å². The summed E-state index contributed by atoms with van der Waals surface area (Å²) in [5.41, 5.74) is -0.0199. The highest BCUT2D eigenvalue weighted by atomic mass is 35.5. The molecule has 0 bridgehead atoms. The number of aryl methyl sites for hydroxylation is 2. The molecular weight excluding hydrogens is 416 g/mol. The van der Waals surface area contributed by atoms with E-state index in [1.165, 1.54) is 23.0 Å². The van der Waals surface area contributed by atoms with Crippen LogP contribution in [0.1, 0.15) is 16.8 Å². The van der Waals surface area contributed by atoms with Crippen LogP contribution in [-0.4, -0.2) is 44.5 Å². The number of carbonyl (C=O) groups is 1. The summed E-state index contributed by atoms with van der Waals surface area (Å²) in [4.78, 5) is 41.5. The van der Waals surface area contributed by atoms with E-state index >= 15 is 0 Å². The number of imidazole rings is 1. The summed E-state index contributed by atoms with van der Waals surface area (Å²) >= 11 is 6.14. The number of esters is 1. The van der Waals surface area contributed by atoms with E-state index < -0.39 is 17.2 Å². The van der Waals surface area contributed by atoms with Crippen LogP contribution >= 0.6 is 11.6 Å². The molecule has 0 atom stereocenters. The Labute approximate surface area is 175 Å². The monoisotopic (exact) mass is 434 g/mol. The fourth-order valence-corrected chi connectivity index (χ4v) is 3.56. The van der Waals surface area contributed by atoms with Crippen LogP contribution < -0.4 is 20.7 Å². The molecule has 2 aromatic heterocycles. The topological polar surface area (TPSA) is 107 Å². The van der Waals surface area contributed by atoms with Gasteiger partial charge in [-0.3, -0.25) is 13.9 Å². The lowest BCUT2D eigenvalue weighted by molar-refractivity contribution is 0.0494. The van der Waals surface area contributed by atoms with Crippen LogP contribution in [0.25, 0.3) is 11.2 Å². The van der Waals surface area contributed by atoms with Crippen molar-refractivity contribution < 1.29 is 19.0 Å². The summed E-state index contributed by atoms with van der Waals surface area (Å²) in [6, 6.07) is 2.97. The predicted octanol–water partition coefficient (Wildman–Crippen LogP) is 1.11. The molecule has 4 rings (SSSR count). The van der Waals surface area contributed by atoms with Gasteiger partial charge in [-0.25, -0.2) is 14.6 Å². The van der Waals surface area contributed by atoms with E-state index in [-0.39, 0.29) is 30.2 Å². The second-order valence-corrected chi connectivity index (χ2v) is 7.20. The van der Waals surface area contributed by atoms with Crippen molar-refractivity contribution in [3.8, 4) is 11.5 Å². The van der Waals surface area contributed by atoms with Gasteiger partial charge in [0.1, 0.15) is 13.2 Å². The van der Waals surface area contributed by atoms with Crippen LogP contribution in [0, 0.1) is 0 Å². The number of halogens is 1. The van der Waals surface area contributed by atoms with E-state index in [9.17, 15) is 14.4 Å². The lowest BCUT2D eigenvalue weighted by Gasteiger charge is -2.20. The summed E-state index contributed by atoms with van der Waals surface area (Å²) in [5, 5.41) is 0.263. The predicted molar refractivity (Wildman–Crippen MR) is 108 cm³/mol. The van der Waals surface area contributed by atoms with E-state index in [0.717, 1.165) is 4.57 Å². The maximum Gasteiger partial charge on any atom is 0.338 e. The molecule has 0 N–H and O–H groups in total. The molecule has 0 aliphatic carbocycles. The highest BCUT2D eigenvalue weighted by Gasteiger charge is 2.20. The molecule has 1 aliphatic heterocycles. The van der Waals surface area contributed by atoms with Gasteiger partial charge in [-0.1, -0.05) is 11.6 Å². The fourth-order valence-electron chi connectivity index (χ4n) is 3.29. The van der Waals surface area contributed by atoms with Crippen molar-refractivity contribution in [3.05, 3.63) is 49.9 Å². The number of hydrogen-bond donors (Lipinski definition) is 0. The Morgan fingerprint density at radius 2 is 2.00 bits per heavy atom. The van der Waals surface area contributed by atoms with Crippen molar-refractivity contribution in [2.75, 3.05) is 19.8 Å². The van der Waals surface area contributed by atoms with Crippen LogP contribution in [0.15, 0.2) is 28.0 Å². The third-order valence-corrected chi connectivity index (χ3v) is 5.07. The first kappa shape index (κ1) is 20.0. The first-order chi connectivity index (χ1) is 14.4. The lowest BCUT2D eigenvalue weighted by atomic mass is 10.2. The molecule has 0 spiro atoms. The van der Waals surface area contributed by atoms with Gasteiger partial charge in [0.15, 0.2) is 22.7 Å². The highest BCUT2D eigenvalue weighted by molar-refractivity contribution is 6.32. The number of aromatic nitrogens is 4. The molecule has 1 aliphatic rings.